The number of methoxy groups -OCH3 is 2. The van der Waals surface area contributed by atoms with E-state index >= 15 is 0 Å². The van der Waals surface area contributed by atoms with Crippen molar-refractivity contribution in [1.29, 1.82) is 0 Å². The van der Waals surface area contributed by atoms with Gasteiger partial charge in [-0.2, -0.15) is 0 Å². The molecule has 1 fully saturated rings. The number of rotatable bonds is 8. The first kappa shape index (κ1) is 22.3. The molecular weight excluding hydrogens is 380 g/mol. The van der Waals surface area contributed by atoms with E-state index in [1.165, 1.54) is 26.4 Å². The lowest BCUT2D eigenvalue weighted by atomic mass is 9.97. The van der Waals surface area contributed by atoms with E-state index in [2.05, 4.69) is 0 Å². The van der Waals surface area contributed by atoms with Crippen LogP contribution in [0.3, 0.4) is 0 Å². The fourth-order valence-corrected chi connectivity index (χ4v) is 3.48. The maximum Gasteiger partial charge on any atom is 0.338 e. The van der Waals surface area contributed by atoms with E-state index in [4.69, 9.17) is 24.7 Å². The molecule has 1 aliphatic rings. The van der Waals surface area contributed by atoms with Gasteiger partial charge in [0.1, 0.15) is 0 Å². The molecule has 1 aromatic carbocycles. The molecule has 2 atom stereocenters. The number of esters is 1. The highest BCUT2D eigenvalue weighted by molar-refractivity contribution is 5.93. The number of hydrogen-bond acceptors (Lipinski definition) is 7. The van der Waals surface area contributed by atoms with Gasteiger partial charge in [-0.1, -0.05) is 0 Å². The van der Waals surface area contributed by atoms with Crippen LogP contribution >= 0.6 is 0 Å². The summed E-state index contributed by atoms with van der Waals surface area (Å²) < 4.78 is 21.0. The molecule has 1 saturated heterocycles. The first-order valence-electron chi connectivity index (χ1n) is 9.43. The minimum absolute atomic E-state index is 0.117. The van der Waals surface area contributed by atoms with E-state index in [1.807, 2.05) is 13.8 Å². The number of ether oxygens (including phenoxy) is 4. The predicted octanol–water partition coefficient (Wildman–Crippen LogP) is 1.51. The molecular formula is C20H28N2O7. The average Bonchev–Trinajstić information content (AvgIpc) is 2.69. The smallest absolute Gasteiger partial charge is 0.338 e. The van der Waals surface area contributed by atoms with Crippen molar-refractivity contribution in [2.45, 2.75) is 45.2 Å². The van der Waals surface area contributed by atoms with Crippen LogP contribution in [0.15, 0.2) is 12.1 Å². The summed E-state index contributed by atoms with van der Waals surface area (Å²) in [6.45, 7) is 3.27. The van der Waals surface area contributed by atoms with Gasteiger partial charge in [-0.25, -0.2) is 4.79 Å². The van der Waals surface area contributed by atoms with Gasteiger partial charge >= 0.3 is 5.97 Å². The summed E-state index contributed by atoms with van der Waals surface area (Å²) in [5.74, 6) is -1.12. The molecule has 29 heavy (non-hydrogen) atoms. The van der Waals surface area contributed by atoms with Gasteiger partial charge in [-0.05, 0) is 45.2 Å². The van der Waals surface area contributed by atoms with Crippen molar-refractivity contribution in [3.63, 3.8) is 0 Å². The quantitative estimate of drug-likeness (QED) is 0.648. The number of likely N-dealkylation sites (tertiary alicyclic amines) is 1. The zero-order valence-electron chi connectivity index (χ0n) is 17.2. The van der Waals surface area contributed by atoms with Crippen LogP contribution in [0, 0.1) is 0 Å². The Labute approximate surface area is 170 Å². The van der Waals surface area contributed by atoms with Gasteiger partial charge in [0.05, 0.1) is 19.8 Å². The van der Waals surface area contributed by atoms with Crippen molar-refractivity contribution < 1.29 is 33.3 Å². The Kier molecular flexibility index (Phi) is 7.69. The van der Waals surface area contributed by atoms with Gasteiger partial charge in [-0.3, -0.25) is 9.59 Å². The largest absolute Gasteiger partial charge is 0.493 e. The molecule has 160 valence electrons. The third-order valence-electron chi connectivity index (χ3n) is 4.86. The normalized spacial score (nSPS) is 18.7. The third kappa shape index (κ3) is 5.52. The number of nitrogens with zero attached hydrogens (tertiary/aromatic N) is 1. The zero-order chi connectivity index (χ0) is 21.6. The molecule has 0 spiro atoms. The van der Waals surface area contributed by atoms with Gasteiger partial charge < -0.3 is 29.6 Å². The molecule has 0 unspecified atom stereocenters. The third-order valence-corrected chi connectivity index (χ3v) is 4.86. The Morgan fingerprint density at radius 1 is 1.03 bits per heavy atom. The first-order chi connectivity index (χ1) is 13.8. The molecule has 0 aliphatic carbocycles. The van der Waals surface area contributed by atoms with Gasteiger partial charge in [0.25, 0.3) is 11.8 Å². The predicted molar refractivity (Wildman–Crippen MR) is 104 cm³/mol. The number of carbonyl (C=O) groups excluding carboxylic acids is 3. The van der Waals surface area contributed by atoms with Crippen molar-refractivity contribution in [3.8, 4) is 17.2 Å². The van der Waals surface area contributed by atoms with E-state index in [1.54, 1.807) is 4.90 Å². The Bertz CT molecular complexity index is 730. The second-order valence-electron chi connectivity index (χ2n) is 6.97. The average molecular weight is 408 g/mol. The molecule has 0 radical (unpaired) electrons. The summed E-state index contributed by atoms with van der Waals surface area (Å²) in [6, 6.07) is 3.01. The van der Waals surface area contributed by atoms with E-state index in [-0.39, 0.29) is 54.0 Å². The van der Waals surface area contributed by atoms with Crippen molar-refractivity contribution in [2.24, 2.45) is 5.73 Å². The molecule has 1 heterocycles. The van der Waals surface area contributed by atoms with E-state index in [9.17, 15) is 14.4 Å². The standard InChI is InChI=1S/C20H28N2O7/c1-12-6-5-7-13(2)22(12)18(24)11-29-20(25)14-8-15(26-3)19(16(9-14)27-4)28-10-17(21)23/h8-9,12-13H,5-7,10-11H2,1-4H3,(H2,21,23)/t12-,13-/m1/s1. The Morgan fingerprint density at radius 2 is 1.59 bits per heavy atom. The number of hydrogen-bond donors (Lipinski definition) is 1. The van der Waals surface area contributed by atoms with Crippen molar-refractivity contribution >= 4 is 17.8 Å². The van der Waals surface area contributed by atoms with Crippen LogP contribution < -0.4 is 19.9 Å². The first-order valence-corrected chi connectivity index (χ1v) is 9.43. The number of amides is 2. The monoisotopic (exact) mass is 408 g/mol. The van der Waals surface area contributed by atoms with Crippen LogP contribution in [0.5, 0.6) is 17.2 Å². The summed E-state index contributed by atoms with van der Waals surface area (Å²) in [5, 5.41) is 0. The Morgan fingerprint density at radius 3 is 2.07 bits per heavy atom. The molecule has 2 rings (SSSR count). The highest BCUT2D eigenvalue weighted by Gasteiger charge is 2.29. The highest BCUT2D eigenvalue weighted by Crippen LogP contribution is 2.38. The lowest BCUT2D eigenvalue weighted by Gasteiger charge is -2.38. The summed E-state index contributed by atoms with van der Waals surface area (Å²) >= 11 is 0. The molecule has 0 bridgehead atoms. The van der Waals surface area contributed by atoms with Gasteiger partial charge in [-0.15, -0.1) is 0 Å². The Balaban J connectivity index is 2.11. The fourth-order valence-electron chi connectivity index (χ4n) is 3.48. The lowest BCUT2D eigenvalue weighted by Crippen LogP contribution is -2.49. The molecule has 0 saturated carbocycles. The van der Waals surface area contributed by atoms with Crippen LogP contribution in [0.4, 0.5) is 0 Å². The van der Waals surface area contributed by atoms with E-state index < -0.39 is 11.9 Å². The van der Waals surface area contributed by atoms with Crippen LogP contribution in [0.25, 0.3) is 0 Å². The summed E-state index contributed by atoms with van der Waals surface area (Å²) in [7, 11) is 2.76. The minimum atomic E-state index is -0.700. The molecule has 0 aromatic heterocycles. The number of benzene rings is 1. The van der Waals surface area contributed by atoms with Crippen LogP contribution in [-0.2, 0) is 14.3 Å². The van der Waals surface area contributed by atoms with Gasteiger partial charge in [0.2, 0.25) is 5.75 Å². The van der Waals surface area contributed by atoms with E-state index in [0.29, 0.717) is 0 Å². The summed E-state index contributed by atoms with van der Waals surface area (Å²) in [6.07, 6.45) is 2.95. The van der Waals surface area contributed by atoms with Crippen LogP contribution in [-0.4, -0.2) is 62.2 Å². The highest BCUT2D eigenvalue weighted by atomic mass is 16.5. The van der Waals surface area contributed by atoms with Crippen molar-refractivity contribution in [1.82, 2.24) is 4.90 Å². The van der Waals surface area contributed by atoms with Crippen molar-refractivity contribution in [3.05, 3.63) is 17.7 Å². The van der Waals surface area contributed by atoms with Gasteiger partial charge in [0.15, 0.2) is 24.7 Å². The summed E-state index contributed by atoms with van der Waals surface area (Å²) in [5.41, 5.74) is 5.22. The van der Waals surface area contributed by atoms with Crippen molar-refractivity contribution in [2.75, 3.05) is 27.4 Å². The number of piperidine rings is 1. The second kappa shape index (κ2) is 9.99. The Hall–Kier alpha value is -2.97. The zero-order valence-corrected chi connectivity index (χ0v) is 17.2. The maximum atomic E-state index is 12.5. The van der Waals surface area contributed by atoms with Crippen LogP contribution in [0.2, 0.25) is 0 Å². The molecule has 9 nitrogen and oxygen atoms in total. The van der Waals surface area contributed by atoms with E-state index in [0.717, 1.165) is 19.3 Å². The maximum absolute atomic E-state index is 12.5. The second-order valence-corrected chi connectivity index (χ2v) is 6.97. The number of nitrogens with two attached hydrogens (primary N) is 1. The fraction of sp³-hybridized carbons (Fsp3) is 0.550. The SMILES string of the molecule is COc1cc(C(=O)OCC(=O)N2[C@H](C)CCC[C@H]2C)cc(OC)c1OCC(N)=O. The number of primary amides is 1. The molecule has 1 aromatic rings. The molecule has 1 aliphatic heterocycles. The lowest BCUT2D eigenvalue weighted by molar-refractivity contribution is -0.140. The molecule has 2 amide bonds. The molecule has 2 N–H and O–H groups in total. The molecule has 9 heteroatoms. The van der Waals surface area contributed by atoms with Crippen LogP contribution in [0.1, 0.15) is 43.5 Å². The topological polar surface area (TPSA) is 117 Å². The summed E-state index contributed by atoms with van der Waals surface area (Å²) in [4.78, 5) is 37.8. The minimum Gasteiger partial charge on any atom is -0.493 e. The number of carbonyl (C=O) groups is 3. The van der Waals surface area contributed by atoms with Gasteiger partial charge in [0, 0.05) is 12.1 Å².